The lowest BCUT2D eigenvalue weighted by atomic mass is 10.0. The first-order chi connectivity index (χ1) is 7.83. The van der Waals surface area contributed by atoms with Crippen molar-refractivity contribution in [1.82, 2.24) is 0 Å². The van der Waals surface area contributed by atoms with Crippen LogP contribution in [-0.4, -0.2) is 13.3 Å². The van der Waals surface area contributed by atoms with E-state index in [9.17, 15) is 13.2 Å². The van der Waals surface area contributed by atoms with Crippen LogP contribution in [0, 0.1) is 0 Å². The molecule has 0 aliphatic rings. The Morgan fingerprint density at radius 2 is 2.06 bits per heavy atom. The van der Waals surface area contributed by atoms with E-state index < -0.39 is 18.6 Å². The summed E-state index contributed by atoms with van der Waals surface area (Å²) in [6.45, 7) is 0. The third-order valence-electron chi connectivity index (χ3n) is 2.34. The molecule has 17 heavy (non-hydrogen) atoms. The summed E-state index contributed by atoms with van der Waals surface area (Å²) in [5.74, 6) is 0.622. The van der Waals surface area contributed by atoms with Gasteiger partial charge in [-0.3, -0.25) is 0 Å². The Morgan fingerprint density at radius 1 is 1.41 bits per heavy atom. The molecule has 0 saturated carbocycles. The van der Waals surface area contributed by atoms with Crippen molar-refractivity contribution in [3.63, 3.8) is 0 Å². The Hall–Kier alpha value is -0.750. The van der Waals surface area contributed by atoms with Crippen molar-refractivity contribution >= 4 is 15.9 Å². The molecule has 1 aromatic rings. The highest BCUT2D eigenvalue weighted by Crippen LogP contribution is 2.30. The van der Waals surface area contributed by atoms with E-state index in [1.165, 1.54) is 7.11 Å². The smallest absolute Gasteiger partial charge is 0.389 e. The van der Waals surface area contributed by atoms with Crippen molar-refractivity contribution in [1.29, 1.82) is 0 Å². The minimum Gasteiger partial charge on any atom is -0.496 e. The maximum atomic E-state index is 12.0. The van der Waals surface area contributed by atoms with Crippen LogP contribution >= 0.6 is 15.9 Å². The number of hydrogen-bond donors (Lipinski definition) is 1. The number of halogens is 4. The van der Waals surface area contributed by atoms with Gasteiger partial charge in [0.1, 0.15) is 5.75 Å². The van der Waals surface area contributed by atoms with Crippen LogP contribution in [0.4, 0.5) is 13.2 Å². The van der Waals surface area contributed by atoms with Crippen molar-refractivity contribution in [3.05, 3.63) is 28.2 Å². The molecule has 6 heteroatoms. The van der Waals surface area contributed by atoms with Gasteiger partial charge in [-0.25, -0.2) is 0 Å². The lowest BCUT2D eigenvalue weighted by Crippen LogP contribution is -2.15. The Balaban J connectivity index is 2.69. The van der Waals surface area contributed by atoms with E-state index in [1.807, 2.05) is 0 Å². The molecule has 2 N–H and O–H groups in total. The lowest BCUT2D eigenvalue weighted by molar-refractivity contribution is -0.136. The molecule has 0 amide bonds. The van der Waals surface area contributed by atoms with Gasteiger partial charge in [0.2, 0.25) is 0 Å². The van der Waals surface area contributed by atoms with E-state index in [0.29, 0.717) is 15.8 Å². The highest BCUT2D eigenvalue weighted by molar-refractivity contribution is 9.10. The first-order valence-corrected chi connectivity index (χ1v) is 5.78. The van der Waals surface area contributed by atoms with Crippen LogP contribution in [0.5, 0.6) is 5.75 Å². The van der Waals surface area contributed by atoms with Gasteiger partial charge >= 0.3 is 6.18 Å². The maximum absolute atomic E-state index is 12.0. The Morgan fingerprint density at radius 3 is 2.53 bits per heavy atom. The van der Waals surface area contributed by atoms with Crippen LogP contribution in [0.25, 0.3) is 0 Å². The first kappa shape index (κ1) is 14.3. The zero-order chi connectivity index (χ0) is 13.1. The van der Waals surface area contributed by atoms with Gasteiger partial charge in [-0.15, -0.1) is 0 Å². The summed E-state index contributed by atoms with van der Waals surface area (Å²) in [6, 6.07) is 4.40. The quantitative estimate of drug-likeness (QED) is 0.918. The molecular formula is C11H13BrF3NO. The number of methoxy groups -OCH3 is 1. The molecule has 1 aromatic carbocycles. The second-order valence-electron chi connectivity index (χ2n) is 3.65. The predicted molar refractivity (Wildman–Crippen MR) is 62.9 cm³/mol. The highest BCUT2D eigenvalue weighted by atomic mass is 79.9. The SMILES string of the molecule is COc1ccc(C(N)CCC(F)(F)F)cc1Br. The van der Waals surface area contributed by atoms with Crippen LogP contribution in [0.2, 0.25) is 0 Å². The summed E-state index contributed by atoms with van der Waals surface area (Å²) in [4.78, 5) is 0. The normalized spacial score (nSPS) is 13.5. The van der Waals surface area contributed by atoms with Crippen LogP contribution < -0.4 is 10.5 Å². The van der Waals surface area contributed by atoms with Gasteiger partial charge in [0.25, 0.3) is 0 Å². The zero-order valence-corrected chi connectivity index (χ0v) is 10.8. The molecule has 0 saturated heterocycles. The molecule has 0 bridgehead atoms. The highest BCUT2D eigenvalue weighted by Gasteiger charge is 2.27. The minimum atomic E-state index is -4.17. The van der Waals surface area contributed by atoms with E-state index in [0.717, 1.165) is 0 Å². The standard InChI is InChI=1S/C11H13BrF3NO/c1-17-10-3-2-7(6-8(10)12)9(16)4-5-11(13,14)15/h2-3,6,9H,4-5,16H2,1H3. The fourth-order valence-electron chi connectivity index (χ4n) is 1.40. The van der Waals surface area contributed by atoms with Crippen LogP contribution in [0.1, 0.15) is 24.4 Å². The number of alkyl halides is 3. The molecule has 1 rings (SSSR count). The molecule has 0 heterocycles. The van der Waals surface area contributed by atoms with Crippen molar-refractivity contribution < 1.29 is 17.9 Å². The number of ether oxygens (including phenoxy) is 1. The topological polar surface area (TPSA) is 35.2 Å². The van der Waals surface area contributed by atoms with Gasteiger partial charge in [0, 0.05) is 12.5 Å². The molecule has 0 radical (unpaired) electrons. The monoisotopic (exact) mass is 311 g/mol. The largest absolute Gasteiger partial charge is 0.496 e. The van der Waals surface area contributed by atoms with Crippen molar-refractivity contribution in [3.8, 4) is 5.75 Å². The van der Waals surface area contributed by atoms with Gasteiger partial charge in [0.15, 0.2) is 0 Å². The molecule has 2 nitrogen and oxygen atoms in total. The van der Waals surface area contributed by atoms with Crippen LogP contribution in [0.15, 0.2) is 22.7 Å². The Bertz CT molecular complexity index is 381. The minimum absolute atomic E-state index is 0.123. The molecule has 1 atom stereocenters. The van der Waals surface area contributed by atoms with E-state index >= 15 is 0 Å². The van der Waals surface area contributed by atoms with Gasteiger partial charge in [-0.05, 0) is 40.0 Å². The molecule has 96 valence electrons. The average Bonchev–Trinajstić information content (AvgIpc) is 2.24. The molecule has 1 unspecified atom stereocenters. The molecular weight excluding hydrogens is 299 g/mol. The van der Waals surface area contributed by atoms with Gasteiger partial charge in [-0.1, -0.05) is 6.07 Å². The summed E-state index contributed by atoms with van der Waals surface area (Å²) < 4.78 is 41.8. The summed E-state index contributed by atoms with van der Waals surface area (Å²) in [5.41, 5.74) is 6.36. The fraction of sp³-hybridized carbons (Fsp3) is 0.455. The average molecular weight is 312 g/mol. The number of hydrogen-bond acceptors (Lipinski definition) is 2. The predicted octanol–water partition coefficient (Wildman–Crippen LogP) is 3.80. The van der Waals surface area contributed by atoms with Gasteiger partial charge < -0.3 is 10.5 Å². The number of benzene rings is 1. The first-order valence-electron chi connectivity index (χ1n) is 4.99. The zero-order valence-electron chi connectivity index (χ0n) is 9.22. The summed E-state index contributed by atoms with van der Waals surface area (Å²) >= 11 is 3.26. The second kappa shape index (κ2) is 5.73. The molecule has 0 aliphatic carbocycles. The van der Waals surface area contributed by atoms with Crippen LogP contribution in [0.3, 0.4) is 0 Å². The molecule has 0 aromatic heterocycles. The second-order valence-corrected chi connectivity index (χ2v) is 4.51. The number of nitrogens with two attached hydrogens (primary N) is 1. The molecule has 0 fully saturated rings. The van der Waals surface area contributed by atoms with E-state index in [-0.39, 0.29) is 6.42 Å². The van der Waals surface area contributed by atoms with E-state index in [1.54, 1.807) is 18.2 Å². The molecule has 0 aliphatic heterocycles. The fourth-order valence-corrected chi connectivity index (χ4v) is 1.96. The summed E-state index contributed by atoms with van der Waals surface area (Å²) in [7, 11) is 1.52. The third kappa shape index (κ3) is 4.55. The summed E-state index contributed by atoms with van der Waals surface area (Å²) in [5, 5.41) is 0. The molecule has 0 spiro atoms. The van der Waals surface area contributed by atoms with Crippen LogP contribution in [-0.2, 0) is 0 Å². The Labute approximate surface area is 106 Å². The van der Waals surface area contributed by atoms with Gasteiger partial charge in [-0.2, -0.15) is 13.2 Å². The van der Waals surface area contributed by atoms with Crippen molar-refractivity contribution in [2.75, 3.05) is 7.11 Å². The van der Waals surface area contributed by atoms with Crippen molar-refractivity contribution in [2.24, 2.45) is 5.73 Å². The van der Waals surface area contributed by atoms with Gasteiger partial charge in [0.05, 0.1) is 11.6 Å². The Kier molecular flexibility index (Phi) is 4.82. The third-order valence-corrected chi connectivity index (χ3v) is 2.96. The number of rotatable bonds is 4. The van der Waals surface area contributed by atoms with E-state index in [2.05, 4.69) is 15.9 Å². The van der Waals surface area contributed by atoms with E-state index in [4.69, 9.17) is 10.5 Å². The summed E-state index contributed by atoms with van der Waals surface area (Å²) in [6.07, 6.45) is -5.17. The lowest BCUT2D eigenvalue weighted by Gasteiger charge is -2.14. The van der Waals surface area contributed by atoms with Crippen molar-refractivity contribution in [2.45, 2.75) is 25.1 Å². The maximum Gasteiger partial charge on any atom is 0.389 e.